The first-order valence-corrected chi connectivity index (χ1v) is 12.7. The Kier molecular flexibility index (Phi) is 5.68. The third kappa shape index (κ3) is 4.34. The van der Waals surface area contributed by atoms with Crippen molar-refractivity contribution in [2.45, 2.75) is 0 Å². The summed E-state index contributed by atoms with van der Waals surface area (Å²) >= 11 is 0. The third-order valence-corrected chi connectivity index (χ3v) is 6.54. The van der Waals surface area contributed by atoms with Crippen LogP contribution < -0.4 is 9.64 Å². The number of anilines is 3. The lowest BCUT2D eigenvalue weighted by molar-refractivity contribution is 0.477. The largest absolute Gasteiger partial charge is 0.453 e. The molecular weight excluding hydrogens is 482 g/mol. The van der Waals surface area contributed by atoms with Gasteiger partial charge in [0.05, 0.1) is 17.1 Å². The smallest absolute Gasteiger partial charge is 0.253 e. The number of ether oxygens (including phenoxy) is 1. The standard InChI is InChI=1S/C33H23N5O/c1-3-11-25(12-4-1)32-35-33(38(36-32)27-13-5-2-6-14-27)34-23-24-19-21-26(22-20-24)37-28-15-7-9-17-30(28)39-31-18-10-8-16-29(31)37/h1-23H. The molecule has 5 aromatic carbocycles. The Balaban J connectivity index is 1.22. The van der Waals surface area contributed by atoms with Crippen molar-refractivity contribution in [1.82, 2.24) is 14.8 Å². The second-order valence-corrected chi connectivity index (χ2v) is 9.07. The van der Waals surface area contributed by atoms with Gasteiger partial charge in [-0.05, 0) is 54.1 Å². The van der Waals surface area contributed by atoms with E-state index >= 15 is 0 Å². The van der Waals surface area contributed by atoms with Crippen LogP contribution in [0, 0.1) is 0 Å². The molecule has 0 amide bonds. The van der Waals surface area contributed by atoms with Crippen LogP contribution in [0.5, 0.6) is 11.5 Å². The van der Waals surface area contributed by atoms with Crippen molar-refractivity contribution in [3.05, 3.63) is 139 Å². The van der Waals surface area contributed by atoms with Gasteiger partial charge in [-0.3, -0.25) is 0 Å². The number of para-hydroxylation sites is 5. The molecular formula is C33H23N5O. The topological polar surface area (TPSA) is 55.5 Å². The predicted octanol–water partition coefficient (Wildman–Crippen LogP) is 8.26. The minimum absolute atomic E-state index is 0.514. The van der Waals surface area contributed by atoms with Crippen molar-refractivity contribution in [2.75, 3.05) is 4.90 Å². The molecule has 7 rings (SSSR count). The number of fused-ring (bicyclic) bond motifs is 2. The summed E-state index contributed by atoms with van der Waals surface area (Å²) < 4.78 is 7.92. The van der Waals surface area contributed by atoms with Crippen LogP contribution in [0.4, 0.5) is 23.0 Å². The van der Waals surface area contributed by atoms with Crippen LogP contribution in [-0.2, 0) is 0 Å². The molecule has 1 aliphatic heterocycles. The molecule has 0 aliphatic carbocycles. The summed E-state index contributed by atoms with van der Waals surface area (Å²) in [6.45, 7) is 0. The number of nitrogens with zero attached hydrogens (tertiary/aromatic N) is 5. The van der Waals surface area contributed by atoms with Gasteiger partial charge in [0.1, 0.15) is 0 Å². The fraction of sp³-hybridized carbons (Fsp3) is 0. The van der Waals surface area contributed by atoms with Crippen LogP contribution >= 0.6 is 0 Å². The van der Waals surface area contributed by atoms with Crippen LogP contribution in [0.1, 0.15) is 5.56 Å². The van der Waals surface area contributed by atoms with E-state index < -0.39 is 0 Å². The molecule has 0 saturated carbocycles. The monoisotopic (exact) mass is 505 g/mol. The lowest BCUT2D eigenvalue weighted by atomic mass is 10.1. The molecule has 0 unspecified atom stereocenters. The Morgan fingerprint density at radius 1 is 0.590 bits per heavy atom. The molecule has 6 heteroatoms. The molecule has 2 heterocycles. The Hall–Kier alpha value is -5.49. The van der Waals surface area contributed by atoms with Crippen LogP contribution in [0.15, 0.2) is 138 Å². The molecule has 0 spiro atoms. The van der Waals surface area contributed by atoms with E-state index in [4.69, 9.17) is 19.8 Å². The second-order valence-electron chi connectivity index (χ2n) is 9.07. The van der Waals surface area contributed by atoms with Crippen molar-refractivity contribution >= 4 is 29.2 Å². The van der Waals surface area contributed by atoms with Gasteiger partial charge in [-0.2, -0.15) is 9.67 Å². The van der Waals surface area contributed by atoms with Gasteiger partial charge < -0.3 is 9.64 Å². The van der Waals surface area contributed by atoms with E-state index in [1.54, 1.807) is 4.68 Å². The van der Waals surface area contributed by atoms with Crippen LogP contribution in [0.25, 0.3) is 17.1 Å². The van der Waals surface area contributed by atoms with Gasteiger partial charge >= 0.3 is 0 Å². The van der Waals surface area contributed by atoms with Crippen molar-refractivity contribution in [3.63, 3.8) is 0 Å². The zero-order valence-corrected chi connectivity index (χ0v) is 20.9. The van der Waals surface area contributed by atoms with Crippen LogP contribution in [-0.4, -0.2) is 21.0 Å². The molecule has 0 N–H and O–H groups in total. The quantitative estimate of drug-likeness (QED) is 0.221. The van der Waals surface area contributed by atoms with Gasteiger partial charge in [-0.15, -0.1) is 5.10 Å². The molecule has 0 radical (unpaired) electrons. The minimum atomic E-state index is 0.514. The molecule has 0 bridgehead atoms. The average Bonchev–Trinajstić information content (AvgIpc) is 3.44. The van der Waals surface area contributed by atoms with E-state index in [1.165, 1.54) is 0 Å². The third-order valence-electron chi connectivity index (χ3n) is 6.54. The minimum Gasteiger partial charge on any atom is -0.453 e. The molecule has 39 heavy (non-hydrogen) atoms. The van der Waals surface area contributed by atoms with Crippen molar-refractivity contribution in [1.29, 1.82) is 0 Å². The Labute approximate surface area is 226 Å². The highest BCUT2D eigenvalue weighted by Crippen LogP contribution is 2.49. The van der Waals surface area contributed by atoms with E-state index in [-0.39, 0.29) is 0 Å². The molecule has 1 aliphatic rings. The summed E-state index contributed by atoms with van der Waals surface area (Å²) in [4.78, 5) is 11.7. The number of benzene rings is 5. The molecule has 6 aromatic rings. The number of hydrogen-bond acceptors (Lipinski definition) is 5. The number of aromatic nitrogens is 3. The normalized spacial score (nSPS) is 12.2. The first-order chi connectivity index (χ1) is 19.3. The highest BCUT2D eigenvalue weighted by Gasteiger charge is 2.25. The zero-order chi connectivity index (χ0) is 26.0. The van der Waals surface area contributed by atoms with Crippen LogP contribution in [0.3, 0.4) is 0 Å². The first kappa shape index (κ1) is 22.7. The highest BCUT2D eigenvalue weighted by molar-refractivity contribution is 5.88. The Bertz CT molecular complexity index is 1730. The molecule has 6 nitrogen and oxygen atoms in total. The molecule has 0 fully saturated rings. The van der Waals surface area contributed by atoms with Gasteiger partial charge in [0.25, 0.3) is 5.95 Å². The van der Waals surface area contributed by atoms with Gasteiger partial charge in [-0.25, -0.2) is 4.99 Å². The fourth-order valence-corrected chi connectivity index (χ4v) is 4.66. The molecule has 1 aromatic heterocycles. The number of aliphatic imine (C=N–C) groups is 1. The van der Waals surface area contributed by atoms with E-state index in [0.29, 0.717) is 11.8 Å². The lowest BCUT2D eigenvalue weighted by Gasteiger charge is -2.32. The van der Waals surface area contributed by atoms with E-state index in [1.807, 2.05) is 103 Å². The molecule has 0 saturated heterocycles. The molecule has 0 atom stereocenters. The van der Waals surface area contributed by atoms with Crippen molar-refractivity contribution in [3.8, 4) is 28.6 Å². The van der Waals surface area contributed by atoms with Gasteiger partial charge in [0, 0.05) is 17.5 Å². The zero-order valence-electron chi connectivity index (χ0n) is 20.9. The molecule has 186 valence electrons. The van der Waals surface area contributed by atoms with Gasteiger partial charge in [-0.1, -0.05) is 84.9 Å². The summed E-state index contributed by atoms with van der Waals surface area (Å²) in [5, 5.41) is 4.75. The fourth-order valence-electron chi connectivity index (χ4n) is 4.66. The maximum atomic E-state index is 6.14. The van der Waals surface area contributed by atoms with E-state index in [2.05, 4.69) is 41.3 Å². The predicted molar refractivity (Wildman–Crippen MR) is 155 cm³/mol. The summed E-state index contributed by atoms with van der Waals surface area (Å²) in [5.74, 6) is 2.80. The average molecular weight is 506 g/mol. The summed E-state index contributed by atoms with van der Waals surface area (Å²) in [6.07, 6.45) is 1.82. The summed E-state index contributed by atoms with van der Waals surface area (Å²) in [7, 11) is 0. The summed E-state index contributed by atoms with van der Waals surface area (Å²) in [6, 6.07) is 44.3. The van der Waals surface area contributed by atoms with Crippen molar-refractivity contribution < 1.29 is 4.74 Å². The van der Waals surface area contributed by atoms with Gasteiger partial charge in [0.15, 0.2) is 17.3 Å². The Morgan fingerprint density at radius 2 is 1.18 bits per heavy atom. The first-order valence-electron chi connectivity index (χ1n) is 12.7. The van der Waals surface area contributed by atoms with E-state index in [0.717, 1.165) is 45.4 Å². The second kappa shape index (κ2) is 9.76. The number of rotatable bonds is 5. The SMILES string of the molecule is C(=Nc1nc(-c2ccccc2)nn1-c1ccccc1)c1ccc(N2c3ccccc3Oc3ccccc32)cc1. The highest BCUT2D eigenvalue weighted by atomic mass is 16.5. The van der Waals surface area contributed by atoms with Crippen molar-refractivity contribution in [2.24, 2.45) is 4.99 Å². The van der Waals surface area contributed by atoms with E-state index in [9.17, 15) is 0 Å². The van der Waals surface area contributed by atoms with Crippen LogP contribution in [0.2, 0.25) is 0 Å². The summed E-state index contributed by atoms with van der Waals surface area (Å²) in [5.41, 5.74) is 5.84. The lowest BCUT2D eigenvalue weighted by Crippen LogP contribution is -2.15. The maximum absolute atomic E-state index is 6.14. The Morgan fingerprint density at radius 3 is 1.85 bits per heavy atom. The maximum Gasteiger partial charge on any atom is 0.253 e. The van der Waals surface area contributed by atoms with Gasteiger partial charge in [0.2, 0.25) is 0 Å². The number of hydrogen-bond donors (Lipinski definition) is 0.